The lowest BCUT2D eigenvalue weighted by atomic mass is 9.53. The third-order valence-corrected chi connectivity index (χ3v) is 9.32. The summed E-state index contributed by atoms with van der Waals surface area (Å²) in [4.78, 5) is 14.5. The maximum atomic E-state index is 11.8. The van der Waals surface area contributed by atoms with Crippen LogP contribution in [0, 0.1) is 17.3 Å². The predicted molar refractivity (Wildman–Crippen MR) is 174 cm³/mol. The van der Waals surface area contributed by atoms with Gasteiger partial charge >= 0.3 is 0 Å². The Hall–Kier alpha value is -1.41. The Morgan fingerprint density at radius 3 is 2.16 bits per heavy atom. The van der Waals surface area contributed by atoms with Crippen molar-refractivity contribution in [1.29, 1.82) is 0 Å². The van der Waals surface area contributed by atoms with Gasteiger partial charge in [0.25, 0.3) is 0 Å². The first-order valence-corrected chi connectivity index (χ1v) is 15.2. The summed E-state index contributed by atoms with van der Waals surface area (Å²) in [5.41, 5.74) is 5.54. The van der Waals surface area contributed by atoms with Crippen molar-refractivity contribution in [2.24, 2.45) is 17.3 Å². The third-order valence-electron chi connectivity index (χ3n) is 9.32. The van der Waals surface area contributed by atoms with E-state index in [0.717, 1.165) is 37.6 Å². The van der Waals surface area contributed by atoms with E-state index >= 15 is 0 Å². The van der Waals surface area contributed by atoms with Gasteiger partial charge in [0, 0.05) is 23.9 Å². The van der Waals surface area contributed by atoms with E-state index in [-0.39, 0.29) is 20.3 Å². The van der Waals surface area contributed by atoms with Crippen LogP contribution in [0.5, 0.6) is 0 Å². The molecule has 6 unspecified atom stereocenters. The average molecular weight is 530 g/mol. The molecule has 5 aliphatic rings. The highest BCUT2D eigenvalue weighted by Gasteiger charge is 2.70. The number of allylic oxidation sites excluding steroid dienone is 6. The number of likely N-dealkylation sites (N-methyl/N-ethyl adjacent to an activating group) is 1. The van der Waals surface area contributed by atoms with Gasteiger partial charge in [-0.15, -0.1) is 6.58 Å². The molecule has 3 fully saturated rings. The molecular formula is C36H67NO. The van der Waals surface area contributed by atoms with Crippen LogP contribution >= 0.6 is 0 Å². The Morgan fingerprint density at radius 2 is 1.68 bits per heavy atom. The molecule has 5 rings (SSSR count). The van der Waals surface area contributed by atoms with Crippen LogP contribution in [0.4, 0.5) is 0 Å². The predicted octanol–water partition coefficient (Wildman–Crippen LogP) is 11.1. The molecule has 2 heteroatoms. The Kier molecular flexibility index (Phi) is 18.4. The van der Waals surface area contributed by atoms with E-state index in [1.165, 1.54) is 49.7 Å². The lowest BCUT2D eigenvalue weighted by Gasteiger charge is -2.51. The summed E-state index contributed by atoms with van der Waals surface area (Å²) in [7, 11) is 2.34. The molecule has 2 saturated carbocycles. The molecule has 0 aromatic carbocycles. The van der Waals surface area contributed by atoms with Crippen molar-refractivity contribution in [2.75, 3.05) is 7.05 Å². The number of rotatable bonds is 3. The van der Waals surface area contributed by atoms with Crippen LogP contribution in [0.2, 0.25) is 0 Å². The summed E-state index contributed by atoms with van der Waals surface area (Å²) in [6, 6.07) is 0.877. The number of likely N-dealkylation sites (tertiary alicyclic amines) is 1. The van der Waals surface area contributed by atoms with E-state index < -0.39 is 0 Å². The normalized spacial score (nSPS) is 33.0. The average Bonchev–Trinajstić information content (AvgIpc) is 3.26. The summed E-state index contributed by atoms with van der Waals surface area (Å²) < 4.78 is 0. The minimum atomic E-state index is 0. The molecule has 1 heterocycles. The lowest BCUT2D eigenvalue weighted by molar-refractivity contribution is -0.116. The standard InChI is InChI=1S/C19H25NO.C7H14.C4H8.2C2H6.2CH4/c1-18-9-7-13(21)11-12(18)3-4-14-15(18)8-10-19-16(14)5-6-17(19)20(19)2;1-4-6-7(3)5-2;1-3-4-2;2*1-2;;/h4,11,15-17H,3,5-10H2,1-2H3;5H,4,6H2,1-3H3;3H,1,4H2,2H3;2*1-2H3;2*1H4/b;7-5-;;;;;. The van der Waals surface area contributed by atoms with Crippen LogP contribution in [-0.2, 0) is 4.79 Å². The second-order valence-electron chi connectivity index (χ2n) is 10.9. The van der Waals surface area contributed by atoms with Crippen LogP contribution in [0.15, 0.2) is 47.6 Å². The number of hydrogen-bond donors (Lipinski definition) is 0. The zero-order valence-electron chi connectivity index (χ0n) is 25.7. The van der Waals surface area contributed by atoms with E-state index in [1.54, 1.807) is 5.57 Å². The smallest absolute Gasteiger partial charge is 0.155 e. The minimum Gasteiger partial charge on any atom is -0.295 e. The van der Waals surface area contributed by atoms with E-state index in [0.29, 0.717) is 17.2 Å². The van der Waals surface area contributed by atoms with Crippen molar-refractivity contribution in [1.82, 2.24) is 4.90 Å². The number of piperidine rings is 1. The van der Waals surface area contributed by atoms with Crippen LogP contribution in [0.25, 0.3) is 0 Å². The molecule has 4 aliphatic carbocycles. The molecule has 1 saturated heterocycles. The number of hydrogen-bond acceptors (Lipinski definition) is 2. The van der Waals surface area contributed by atoms with Crippen molar-refractivity contribution in [2.45, 2.75) is 153 Å². The highest BCUT2D eigenvalue weighted by Crippen LogP contribution is 2.68. The molecule has 0 amide bonds. The van der Waals surface area contributed by atoms with Crippen molar-refractivity contribution in [3.05, 3.63) is 47.6 Å². The van der Waals surface area contributed by atoms with Gasteiger partial charge in [0.15, 0.2) is 5.78 Å². The number of nitrogens with zero attached hydrogens (tertiary/aromatic N) is 1. The summed E-state index contributed by atoms with van der Waals surface area (Å²) >= 11 is 0. The van der Waals surface area contributed by atoms with Gasteiger partial charge in [-0.05, 0) is 89.7 Å². The number of carbonyl (C=O) groups is 1. The maximum absolute atomic E-state index is 11.8. The molecule has 1 spiro atoms. The summed E-state index contributed by atoms with van der Waals surface area (Å²) in [5, 5.41) is 0. The minimum absolute atomic E-state index is 0. The Balaban J connectivity index is 0. The Morgan fingerprint density at radius 1 is 1.08 bits per heavy atom. The lowest BCUT2D eigenvalue weighted by Crippen LogP contribution is -2.45. The van der Waals surface area contributed by atoms with E-state index in [2.05, 4.69) is 65.3 Å². The number of ketones is 1. The second kappa shape index (κ2) is 18.0. The van der Waals surface area contributed by atoms with E-state index in [9.17, 15) is 4.79 Å². The topological polar surface area (TPSA) is 20.1 Å². The van der Waals surface area contributed by atoms with Gasteiger partial charge < -0.3 is 0 Å². The third kappa shape index (κ3) is 7.83. The van der Waals surface area contributed by atoms with Crippen molar-refractivity contribution in [3.8, 4) is 0 Å². The van der Waals surface area contributed by atoms with Gasteiger partial charge in [0.05, 0.1) is 0 Å². The van der Waals surface area contributed by atoms with Crippen molar-refractivity contribution < 1.29 is 4.79 Å². The first-order chi connectivity index (χ1) is 17.3. The number of carbonyl (C=O) groups excluding carboxylic acids is 1. The molecule has 2 nitrogen and oxygen atoms in total. The summed E-state index contributed by atoms with van der Waals surface area (Å²) in [6.45, 7) is 22.4. The fourth-order valence-electron chi connectivity index (χ4n) is 7.22. The fraction of sp³-hybridized carbons (Fsp3) is 0.750. The molecule has 0 bridgehead atoms. The number of fused-ring (bicyclic) bond motifs is 4. The SMILES string of the molecule is C.C.C/C=C(/C)CCC.C=CCC.CC.CC.CN1C2CCC3C4=CCC5=CC(=O)CCC5(C)C4CCC321. The second-order valence-corrected chi connectivity index (χ2v) is 10.9. The maximum Gasteiger partial charge on any atom is 0.155 e. The van der Waals surface area contributed by atoms with Crippen LogP contribution in [0.1, 0.15) is 141 Å². The van der Waals surface area contributed by atoms with Crippen molar-refractivity contribution >= 4 is 5.78 Å². The Bertz CT molecular complexity index is 802. The summed E-state index contributed by atoms with van der Waals surface area (Å²) in [5.74, 6) is 1.89. The summed E-state index contributed by atoms with van der Waals surface area (Å²) in [6.07, 6.45) is 20.6. The van der Waals surface area contributed by atoms with Crippen LogP contribution in [0.3, 0.4) is 0 Å². The largest absolute Gasteiger partial charge is 0.295 e. The molecule has 0 aromatic heterocycles. The highest BCUT2D eigenvalue weighted by atomic mass is 16.1. The molecule has 6 atom stereocenters. The highest BCUT2D eigenvalue weighted by molar-refractivity contribution is 5.91. The molecule has 0 aromatic rings. The first kappa shape index (κ1) is 38.7. The quantitative estimate of drug-likeness (QED) is 0.267. The van der Waals surface area contributed by atoms with Crippen LogP contribution < -0.4 is 0 Å². The molecular weight excluding hydrogens is 462 g/mol. The first-order valence-electron chi connectivity index (χ1n) is 15.2. The van der Waals surface area contributed by atoms with Gasteiger partial charge in [-0.1, -0.05) is 105 Å². The van der Waals surface area contributed by atoms with Crippen LogP contribution in [-0.4, -0.2) is 29.3 Å². The fourth-order valence-corrected chi connectivity index (χ4v) is 7.22. The zero-order valence-corrected chi connectivity index (χ0v) is 25.7. The monoisotopic (exact) mass is 530 g/mol. The molecule has 222 valence electrons. The van der Waals surface area contributed by atoms with Crippen molar-refractivity contribution in [3.63, 3.8) is 0 Å². The van der Waals surface area contributed by atoms with Gasteiger partial charge in [0.2, 0.25) is 0 Å². The molecule has 0 radical (unpaired) electrons. The molecule has 0 N–H and O–H groups in total. The van der Waals surface area contributed by atoms with Gasteiger partial charge in [0.1, 0.15) is 0 Å². The van der Waals surface area contributed by atoms with E-state index in [1.807, 2.05) is 39.8 Å². The van der Waals surface area contributed by atoms with Gasteiger partial charge in [-0.3, -0.25) is 9.69 Å². The zero-order chi connectivity index (χ0) is 27.5. The molecule has 38 heavy (non-hydrogen) atoms. The van der Waals surface area contributed by atoms with E-state index in [4.69, 9.17) is 0 Å². The van der Waals surface area contributed by atoms with Gasteiger partial charge in [-0.2, -0.15) is 0 Å². The Labute approximate surface area is 240 Å². The van der Waals surface area contributed by atoms with Gasteiger partial charge in [-0.25, -0.2) is 0 Å². The molecule has 1 aliphatic heterocycles.